The van der Waals surface area contributed by atoms with E-state index in [9.17, 15) is 0 Å². The van der Waals surface area contributed by atoms with Gasteiger partial charge in [0.25, 0.3) is 0 Å². The quantitative estimate of drug-likeness (QED) is 0.772. The van der Waals surface area contributed by atoms with Gasteiger partial charge in [-0.25, -0.2) is 0 Å². The number of hydrogen-bond acceptors (Lipinski definition) is 1. The number of hydrogen-bond donors (Lipinski definition) is 1. The molecule has 0 heterocycles. The molecule has 1 unspecified atom stereocenters. The number of benzene rings is 1. The van der Waals surface area contributed by atoms with Gasteiger partial charge in [0.2, 0.25) is 0 Å². The van der Waals surface area contributed by atoms with E-state index < -0.39 is 0 Å². The molecule has 0 saturated carbocycles. The summed E-state index contributed by atoms with van der Waals surface area (Å²) in [6.45, 7) is 7.77. The Morgan fingerprint density at radius 1 is 1.19 bits per heavy atom. The van der Waals surface area contributed by atoms with E-state index in [1.165, 1.54) is 36.0 Å². The molecule has 0 amide bonds. The molecule has 1 aromatic carbocycles. The van der Waals surface area contributed by atoms with Crippen molar-refractivity contribution in [3.63, 3.8) is 0 Å². The van der Waals surface area contributed by atoms with Crippen molar-refractivity contribution in [3.05, 3.63) is 34.9 Å². The average Bonchev–Trinajstić information content (AvgIpc) is 2.24. The summed E-state index contributed by atoms with van der Waals surface area (Å²) in [7, 11) is 2.04. The fourth-order valence-corrected chi connectivity index (χ4v) is 2.24. The van der Waals surface area contributed by atoms with Crippen LogP contribution in [0.25, 0.3) is 0 Å². The molecule has 0 spiro atoms. The highest BCUT2D eigenvalue weighted by molar-refractivity contribution is 5.30. The Morgan fingerprint density at radius 3 is 2.50 bits per heavy atom. The summed E-state index contributed by atoms with van der Waals surface area (Å²) in [5.74, 6) is 0.775. The van der Waals surface area contributed by atoms with Gasteiger partial charge in [0.05, 0.1) is 0 Å². The molecule has 0 aliphatic carbocycles. The number of nitrogens with one attached hydrogen (secondary N) is 1. The first-order valence-electron chi connectivity index (χ1n) is 6.38. The molecule has 0 fully saturated rings. The zero-order chi connectivity index (χ0) is 12.0. The maximum Gasteiger partial charge on any atom is -0.00203 e. The summed E-state index contributed by atoms with van der Waals surface area (Å²) in [6.07, 6.45) is 3.79. The second-order valence-corrected chi connectivity index (χ2v) is 4.84. The van der Waals surface area contributed by atoms with Crippen LogP contribution in [0.3, 0.4) is 0 Å². The Hall–Kier alpha value is -0.820. The molecular weight excluding hydrogens is 194 g/mol. The van der Waals surface area contributed by atoms with Crippen LogP contribution in [-0.4, -0.2) is 13.6 Å². The Bertz CT molecular complexity index is 311. The minimum Gasteiger partial charge on any atom is -0.319 e. The monoisotopic (exact) mass is 219 g/mol. The first-order chi connectivity index (χ1) is 7.67. The molecule has 0 bridgehead atoms. The SMILES string of the molecule is CCCC(CNC)Cc1ccc(C)c(C)c1. The molecule has 90 valence electrons. The van der Waals surface area contributed by atoms with Crippen LogP contribution in [0, 0.1) is 19.8 Å². The van der Waals surface area contributed by atoms with Crippen LogP contribution in [0.15, 0.2) is 18.2 Å². The van der Waals surface area contributed by atoms with Crippen molar-refractivity contribution in [2.75, 3.05) is 13.6 Å². The Kier molecular flexibility index (Phi) is 5.54. The summed E-state index contributed by atoms with van der Waals surface area (Å²) >= 11 is 0. The first-order valence-corrected chi connectivity index (χ1v) is 6.38. The molecular formula is C15H25N. The van der Waals surface area contributed by atoms with E-state index >= 15 is 0 Å². The van der Waals surface area contributed by atoms with Crippen LogP contribution in [0.4, 0.5) is 0 Å². The van der Waals surface area contributed by atoms with E-state index in [1.54, 1.807) is 0 Å². The molecule has 1 aromatic rings. The zero-order valence-electron chi connectivity index (χ0n) is 11.1. The minimum absolute atomic E-state index is 0.775. The minimum atomic E-state index is 0.775. The van der Waals surface area contributed by atoms with Crippen molar-refractivity contribution in [1.29, 1.82) is 0 Å². The Balaban J connectivity index is 2.65. The maximum absolute atomic E-state index is 3.30. The Morgan fingerprint density at radius 2 is 1.94 bits per heavy atom. The first kappa shape index (κ1) is 13.2. The van der Waals surface area contributed by atoms with E-state index in [4.69, 9.17) is 0 Å². The third kappa shape index (κ3) is 3.97. The molecule has 16 heavy (non-hydrogen) atoms. The van der Waals surface area contributed by atoms with Crippen molar-refractivity contribution in [2.45, 2.75) is 40.0 Å². The smallest absolute Gasteiger partial charge is 0.00203 e. The Labute approximate surface area is 100 Å². The van der Waals surface area contributed by atoms with Crippen molar-refractivity contribution < 1.29 is 0 Å². The van der Waals surface area contributed by atoms with Gasteiger partial charge in [-0.3, -0.25) is 0 Å². The molecule has 0 aliphatic heterocycles. The van der Waals surface area contributed by atoms with Crippen molar-refractivity contribution >= 4 is 0 Å². The summed E-state index contributed by atoms with van der Waals surface area (Å²) in [5.41, 5.74) is 4.29. The van der Waals surface area contributed by atoms with Crippen molar-refractivity contribution in [1.82, 2.24) is 5.32 Å². The second kappa shape index (κ2) is 6.70. The van der Waals surface area contributed by atoms with Gasteiger partial charge in [0.1, 0.15) is 0 Å². The predicted molar refractivity (Wildman–Crippen MR) is 71.9 cm³/mol. The normalized spacial score (nSPS) is 12.8. The van der Waals surface area contributed by atoms with Crippen LogP contribution in [0.5, 0.6) is 0 Å². The highest BCUT2D eigenvalue weighted by Gasteiger charge is 2.08. The molecule has 1 atom stereocenters. The topological polar surface area (TPSA) is 12.0 Å². The van der Waals surface area contributed by atoms with Gasteiger partial charge in [-0.2, -0.15) is 0 Å². The highest BCUT2D eigenvalue weighted by atomic mass is 14.8. The molecule has 0 aromatic heterocycles. The van der Waals surface area contributed by atoms with Gasteiger partial charge >= 0.3 is 0 Å². The molecule has 0 saturated heterocycles. The third-order valence-corrected chi connectivity index (χ3v) is 3.29. The molecule has 1 N–H and O–H groups in total. The fourth-order valence-electron chi connectivity index (χ4n) is 2.24. The highest BCUT2D eigenvalue weighted by Crippen LogP contribution is 2.16. The van der Waals surface area contributed by atoms with Crippen LogP contribution >= 0.6 is 0 Å². The number of rotatable bonds is 6. The van der Waals surface area contributed by atoms with Gasteiger partial charge in [0, 0.05) is 0 Å². The van der Waals surface area contributed by atoms with Gasteiger partial charge in [-0.1, -0.05) is 31.5 Å². The average molecular weight is 219 g/mol. The van der Waals surface area contributed by atoms with Crippen molar-refractivity contribution in [2.24, 2.45) is 5.92 Å². The molecule has 1 heteroatoms. The summed E-state index contributed by atoms with van der Waals surface area (Å²) in [4.78, 5) is 0. The maximum atomic E-state index is 3.30. The van der Waals surface area contributed by atoms with Crippen LogP contribution in [0.1, 0.15) is 36.5 Å². The van der Waals surface area contributed by atoms with E-state index in [-0.39, 0.29) is 0 Å². The summed E-state index contributed by atoms with van der Waals surface area (Å²) in [6, 6.07) is 6.86. The van der Waals surface area contributed by atoms with Crippen LogP contribution in [0.2, 0.25) is 0 Å². The van der Waals surface area contributed by atoms with E-state index in [0.29, 0.717) is 0 Å². The van der Waals surface area contributed by atoms with Gasteiger partial charge in [-0.15, -0.1) is 0 Å². The van der Waals surface area contributed by atoms with Crippen LogP contribution in [-0.2, 0) is 6.42 Å². The lowest BCUT2D eigenvalue weighted by molar-refractivity contribution is 0.456. The molecule has 1 rings (SSSR count). The fraction of sp³-hybridized carbons (Fsp3) is 0.600. The van der Waals surface area contributed by atoms with Crippen LogP contribution < -0.4 is 5.32 Å². The number of aryl methyl sites for hydroxylation is 2. The summed E-state index contributed by atoms with van der Waals surface area (Å²) in [5, 5.41) is 3.30. The van der Waals surface area contributed by atoms with E-state index in [2.05, 4.69) is 44.3 Å². The van der Waals surface area contributed by atoms with Gasteiger partial charge in [0.15, 0.2) is 0 Å². The third-order valence-electron chi connectivity index (χ3n) is 3.29. The summed E-state index contributed by atoms with van der Waals surface area (Å²) < 4.78 is 0. The molecule has 0 radical (unpaired) electrons. The standard InChI is InChI=1S/C15H25N/c1-5-6-15(11-16-4)10-14-8-7-12(2)13(3)9-14/h7-9,15-16H,5-6,10-11H2,1-4H3. The lowest BCUT2D eigenvalue weighted by Crippen LogP contribution is -2.20. The van der Waals surface area contributed by atoms with E-state index in [0.717, 1.165) is 12.5 Å². The molecule has 0 aliphatic rings. The lowest BCUT2D eigenvalue weighted by Gasteiger charge is -2.16. The largest absolute Gasteiger partial charge is 0.319 e. The van der Waals surface area contributed by atoms with E-state index in [1.807, 2.05) is 7.05 Å². The van der Waals surface area contributed by atoms with Gasteiger partial charge < -0.3 is 5.32 Å². The lowest BCUT2D eigenvalue weighted by atomic mass is 9.93. The molecule has 1 nitrogen and oxygen atoms in total. The van der Waals surface area contributed by atoms with Gasteiger partial charge in [-0.05, 0) is 62.9 Å². The predicted octanol–water partition coefficient (Wildman–Crippen LogP) is 3.48. The van der Waals surface area contributed by atoms with Crippen molar-refractivity contribution in [3.8, 4) is 0 Å². The zero-order valence-corrected chi connectivity index (χ0v) is 11.1. The second-order valence-electron chi connectivity index (χ2n) is 4.84.